The molecule has 1 amide bonds. The van der Waals surface area contributed by atoms with Crippen molar-refractivity contribution in [2.75, 3.05) is 13.1 Å². The number of nitrogens with one attached hydrogen (secondary N) is 2. The maximum atomic E-state index is 11.4. The molecule has 1 rings (SSSR count). The third kappa shape index (κ3) is 7.47. The summed E-state index contributed by atoms with van der Waals surface area (Å²) in [6.07, 6.45) is 0.478. The molecule has 7 heteroatoms. The highest BCUT2D eigenvalue weighted by Crippen LogP contribution is 2.31. The fourth-order valence-electron chi connectivity index (χ4n) is 1.41. The number of carbonyl (C=O) groups is 1. The molecule has 1 heterocycles. The average Bonchev–Trinajstić information content (AvgIpc) is 2.61. The van der Waals surface area contributed by atoms with E-state index in [-0.39, 0.29) is 6.09 Å². The van der Waals surface area contributed by atoms with E-state index in [1.165, 1.54) is 4.88 Å². The van der Waals surface area contributed by atoms with E-state index < -0.39 is 5.60 Å². The maximum Gasteiger partial charge on any atom is 0.407 e. The second-order valence-electron chi connectivity index (χ2n) is 5.29. The molecule has 0 radical (unpaired) electrons. The zero-order valence-electron chi connectivity index (χ0n) is 11.9. The van der Waals surface area contributed by atoms with Crippen molar-refractivity contribution in [3.05, 3.63) is 19.8 Å². The maximum absolute atomic E-state index is 11.4. The van der Waals surface area contributed by atoms with Crippen LogP contribution in [-0.4, -0.2) is 24.8 Å². The van der Waals surface area contributed by atoms with Gasteiger partial charge in [-0.25, -0.2) is 4.79 Å². The molecule has 20 heavy (non-hydrogen) atoms. The lowest BCUT2D eigenvalue weighted by Crippen LogP contribution is -2.33. The second-order valence-corrected chi connectivity index (χ2v) is 7.89. The Morgan fingerprint density at radius 1 is 1.45 bits per heavy atom. The lowest BCUT2D eigenvalue weighted by atomic mass is 10.2. The molecule has 0 aromatic carbocycles. The summed E-state index contributed by atoms with van der Waals surface area (Å²) in [5.74, 6) is 0. The van der Waals surface area contributed by atoms with Crippen LogP contribution in [0, 0.1) is 0 Å². The summed E-state index contributed by atoms with van der Waals surface area (Å²) < 4.78 is 6.85. The first-order valence-corrected chi connectivity index (χ1v) is 8.38. The molecule has 0 bridgehead atoms. The molecule has 2 N–H and O–H groups in total. The van der Waals surface area contributed by atoms with Gasteiger partial charge in [-0.2, -0.15) is 0 Å². The molecule has 4 nitrogen and oxygen atoms in total. The fraction of sp³-hybridized carbons (Fsp3) is 0.615. The molecule has 1 aromatic rings. The van der Waals surface area contributed by atoms with Crippen LogP contribution in [-0.2, 0) is 11.3 Å². The van der Waals surface area contributed by atoms with Crippen molar-refractivity contribution < 1.29 is 9.53 Å². The summed E-state index contributed by atoms with van der Waals surface area (Å²) in [6, 6.07) is 2.01. The highest BCUT2D eigenvalue weighted by molar-refractivity contribution is 9.10. The lowest BCUT2D eigenvalue weighted by molar-refractivity contribution is 0.0527. The van der Waals surface area contributed by atoms with Gasteiger partial charge >= 0.3 is 6.09 Å². The van der Waals surface area contributed by atoms with Crippen LogP contribution in [0.25, 0.3) is 0 Å². The Labute approximate surface area is 137 Å². The van der Waals surface area contributed by atoms with Crippen molar-refractivity contribution in [2.45, 2.75) is 39.3 Å². The highest BCUT2D eigenvalue weighted by atomic mass is 79.9. The fourth-order valence-corrected chi connectivity index (χ4v) is 3.17. The Balaban J connectivity index is 2.06. The number of thiophene rings is 1. The SMILES string of the molecule is CC(C)(C)OC(=O)NCCCNCc1cc(Br)c(Cl)s1. The van der Waals surface area contributed by atoms with Crippen LogP contribution >= 0.6 is 38.9 Å². The minimum Gasteiger partial charge on any atom is -0.444 e. The molecule has 0 unspecified atom stereocenters. The van der Waals surface area contributed by atoms with E-state index in [1.807, 2.05) is 26.8 Å². The van der Waals surface area contributed by atoms with Gasteiger partial charge in [0.2, 0.25) is 0 Å². The Morgan fingerprint density at radius 3 is 2.70 bits per heavy atom. The minimum atomic E-state index is -0.450. The molecule has 0 atom stereocenters. The van der Waals surface area contributed by atoms with E-state index in [4.69, 9.17) is 16.3 Å². The molecular weight excluding hydrogens is 364 g/mol. The number of rotatable bonds is 6. The predicted molar refractivity (Wildman–Crippen MR) is 87.6 cm³/mol. The van der Waals surface area contributed by atoms with Crippen LogP contribution < -0.4 is 10.6 Å². The Bertz CT molecular complexity index is 427. The van der Waals surface area contributed by atoms with Gasteiger partial charge in [0.05, 0.1) is 0 Å². The van der Waals surface area contributed by atoms with Gasteiger partial charge < -0.3 is 15.4 Å². The Hall–Kier alpha value is -0.300. The largest absolute Gasteiger partial charge is 0.444 e. The number of amides is 1. The number of carbonyl (C=O) groups excluding carboxylic acids is 1. The summed E-state index contributed by atoms with van der Waals surface area (Å²) in [5, 5.41) is 6.03. The molecule has 1 aromatic heterocycles. The Kier molecular flexibility index (Phi) is 7.29. The standard InChI is InChI=1S/C13H20BrClN2O2S/c1-13(2,3)19-12(18)17-6-4-5-16-8-9-7-10(14)11(15)20-9/h7,16H,4-6,8H2,1-3H3,(H,17,18). The topological polar surface area (TPSA) is 50.4 Å². The van der Waals surface area contributed by atoms with Crippen LogP contribution in [0.4, 0.5) is 4.79 Å². The first-order chi connectivity index (χ1) is 9.28. The van der Waals surface area contributed by atoms with Crippen molar-refractivity contribution in [1.29, 1.82) is 0 Å². The van der Waals surface area contributed by atoms with Crippen molar-refractivity contribution in [3.63, 3.8) is 0 Å². The summed E-state index contributed by atoms with van der Waals surface area (Å²) >= 11 is 10.9. The number of ether oxygens (including phenoxy) is 1. The summed E-state index contributed by atoms with van der Waals surface area (Å²) in [5.41, 5.74) is -0.450. The van der Waals surface area contributed by atoms with Crippen LogP contribution in [0.15, 0.2) is 10.5 Å². The first kappa shape index (κ1) is 17.8. The molecule has 0 spiro atoms. The number of hydrogen-bond acceptors (Lipinski definition) is 4. The van der Waals surface area contributed by atoms with E-state index in [0.29, 0.717) is 6.54 Å². The number of halogens is 2. The van der Waals surface area contributed by atoms with Gasteiger partial charge in [0.15, 0.2) is 0 Å². The van der Waals surface area contributed by atoms with E-state index in [1.54, 1.807) is 11.3 Å². The van der Waals surface area contributed by atoms with Gasteiger partial charge in [0, 0.05) is 22.4 Å². The van der Waals surface area contributed by atoms with Gasteiger partial charge in [-0.1, -0.05) is 11.6 Å². The molecule has 114 valence electrons. The van der Waals surface area contributed by atoms with Crippen molar-refractivity contribution in [2.24, 2.45) is 0 Å². The van der Waals surface area contributed by atoms with Crippen molar-refractivity contribution in [3.8, 4) is 0 Å². The van der Waals surface area contributed by atoms with Gasteiger partial charge in [0.25, 0.3) is 0 Å². The van der Waals surface area contributed by atoms with Gasteiger partial charge in [-0.15, -0.1) is 11.3 Å². The lowest BCUT2D eigenvalue weighted by Gasteiger charge is -2.19. The van der Waals surface area contributed by atoms with Gasteiger partial charge in [-0.05, 0) is 55.7 Å². The highest BCUT2D eigenvalue weighted by Gasteiger charge is 2.15. The molecule has 0 saturated carbocycles. The van der Waals surface area contributed by atoms with Crippen molar-refractivity contribution >= 4 is 45.0 Å². The quantitative estimate of drug-likeness (QED) is 0.725. The molecule has 0 aliphatic heterocycles. The summed E-state index contributed by atoms with van der Waals surface area (Å²) in [7, 11) is 0. The van der Waals surface area contributed by atoms with Gasteiger partial charge in [0.1, 0.15) is 9.94 Å². The molecule has 0 fully saturated rings. The van der Waals surface area contributed by atoms with E-state index in [9.17, 15) is 4.79 Å². The van der Waals surface area contributed by atoms with Crippen LogP contribution in [0.2, 0.25) is 4.34 Å². The minimum absolute atomic E-state index is 0.369. The van der Waals surface area contributed by atoms with E-state index in [2.05, 4.69) is 26.6 Å². The third-order valence-corrected chi connectivity index (χ3v) is 4.67. The molecule has 0 aliphatic rings. The smallest absolute Gasteiger partial charge is 0.407 e. The predicted octanol–water partition coefficient (Wildman–Crippen LogP) is 4.17. The van der Waals surface area contributed by atoms with Crippen molar-refractivity contribution in [1.82, 2.24) is 10.6 Å². The number of hydrogen-bond donors (Lipinski definition) is 2. The van der Waals surface area contributed by atoms with E-state index >= 15 is 0 Å². The first-order valence-electron chi connectivity index (χ1n) is 6.39. The Morgan fingerprint density at radius 2 is 2.15 bits per heavy atom. The zero-order chi connectivity index (χ0) is 15.2. The van der Waals surface area contributed by atoms with E-state index in [0.717, 1.165) is 28.3 Å². The molecule has 0 aliphatic carbocycles. The van der Waals surface area contributed by atoms with Crippen LogP contribution in [0.3, 0.4) is 0 Å². The third-order valence-electron chi connectivity index (χ3n) is 2.19. The second kappa shape index (κ2) is 8.22. The van der Waals surface area contributed by atoms with Gasteiger partial charge in [-0.3, -0.25) is 0 Å². The normalized spacial score (nSPS) is 11.4. The monoisotopic (exact) mass is 382 g/mol. The van der Waals surface area contributed by atoms with Crippen LogP contribution in [0.1, 0.15) is 32.1 Å². The zero-order valence-corrected chi connectivity index (χ0v) is 15.0. The average molecular weight is 384 g/mol. The summed E-state index contributed by atoms with van der Waals surface area (Å²) in [6.45, 7) is 7.73. The van der Waals surface area contributed by atoms with Crippen LogP contribution in [0.5, 0.6) is 0 Å². The molecular formula is C13H20BrClN2O2S. The number of alkyl carbamates (subject to hydrolysis) is 1. The molecule has 0 saturated heterocycles. The summed E-state index contributed by atoms with van der Waals surface area (Å²) in [4.78, 5) is 12.6.